The summed E-state index contributed by atoms with van der Waals surface area (Å²) in [7, 11) is 0. The summed E-state index contributed by atoms with van der Waals surface area (Å²) in [5, 5.41) is 2.82. The van der Waals surface area contributed by atoms with E-state index in [4.69, 9.17) is 4.74 Å². The quantitative estimate of drug-likeness (QED) is 0.788. The molecule has 1 aromatic heterocycles. The van der Waals surface area contributed by atoms with Crippen molar-refractivity contribution in [3.05, 3.63) is 42.2 Å². The normalized spacial score (nSPS) is 14.0. The number of anilines is 2. The van der Waals surface area contributed by atoms with Gasteiger partial charge in [0.15, 0.2) is 0 Å². The number of hydrogen-bond acceptors (Lipinski definition) is 6. The third-order valence-corrected chi connectivity index (χ3v) is 4.08. The Labute approximate surface area is 151 Å². The summed E-state index contributed by atoms with van der Waals surface area (Å²) in [6.07, 6.45) is 3.87. The van der Waals surface area contributed by atoms with Gasteiger partial charge in [0.25, 0.3) is 5.91 Å². The first-order chi connectivity index (χ1) is 12.7. The van der Waals surface area contributed by atoms with E-state index in [9.17, 15) is 9.59 Å². The summed E-state index contributed by atoms with van der Waals surface area (Å²) in [5.41, 5.74) is 0.972. The zero-order chi connectivity index (χ0) is 18.4. The van der Waals surface area contributed by atoms with E-state index in [1.807, 2.05) is 24.0 Å². The molecular formula is C18H21N5O3. The van der Waals surface area contributed by atoms with Crippen molar-refractivity contribution in [2.75, 3.05) is 43.0 Å². The number of amides is 2. The number of ether oxygens (including phenoxy) is 1. The number of benzene rings is 1. The SMILES string of the molecule is CCOc1ccccc1NC(=O)c1cnc(N2CCN(C=O)CC2)nc1. The molecule has 1 N–H and O–H groups in total. The fourth-order valence-electron chi connectivity index (χ4n) is 2.67. The fraction of sp³-hybridized carbons (Fsp3) is 0.333. The summed E-state index contributed by atoms with van der Waals surface area (Å²) >= 11 is 0. The summed E-state index contributed by atoms with van der Waals surface area (Å²) in [4.78, 5) is 35.5. The molecule has 8 nitrogen and oxygen atoms in total. The highest BCUT2D eigenvalue weighted by Crippen LogP contribution is 2.24. The van der Waals surface area contributed by atoms with Crippen LogP contribution in [-0.4, -0.2) is 60.0 Å². The van der Waals surface area contributed by atoms with Crippen LogP contribution in [0.1, 0.15) is 17.3 Å². The predicted octanol–water partition coefficient (Wildman–Crippen LogP) is 1.41. The Balaban J connectivity index is 1.65. The molecule has 1 fully saturated rings. The standard InChI is InChI=1S/C18H21N5O3/c1-2-26-16-6-4-3-5-15(16)21-17(25)14-11-19-18(20-12-14)23-9-7-22(13-24)8-10-23/h3-6,11-13H,2,7-10H2,1H3,(H,21,25). The van der Waals surface area contributed by atoms with Crippen LogP contribution in [0.5, 0.6) is 5.75 Å². The van der Waals surface area contributed by atoms with Crippen molar-refractivity contribution in [2.24, 2.45) is 0 Å². The fourth-order valence-corrected chi connectivity index (χ4v) is 2.67. The number of piperazine rings is 1. The smallest absolute Gasteiger partial charge is 0.258 e. The average Bonchev–Trinajstić information content (AvgIpc) is 2.70. The third kappa shape index (κ3) is 4.08. The van der Waals surface area contributed by atoms with Crippen LogP contribution < -0.4 is 15.0 Å². The highest BCUT2D eigenvalue weighted by atomic mass is 16.5. The van der Waals surface area contributed by atoms with E-state index >= 15 is 0 Å². The van der Waals surface area contributed by atoms with Crippen LogP contribution in [0.4, 0.5) is 11.6 Å². The minimum Gasteiger partial charge on any atom is -0.492 e. The molecule has 1 aliphatic heterocycles. The highest BCUT2D eigenvalue weighted by molar-refractivity contribution is 6.04. The van der Waals surface area contributed by atoms with Crippen LogP contribution in [0.2, 0.25) is 0 Å². The molecule has 8 heteroatoms. The lowest BCUT2D eigenvalue weighted by Crippen LogP contribution is -2.46. The molecular weight excluding hydrogens is 334 g/mol. The van der Waals surface area contributed by atoms with Gasteiger partial charge in [0.2, 0.25) is 12.4 Å². The second kappa shape index (κ2) is 8.28. The summed E-state index contributed by atoms with van der Waals surface area (Å²) in [5.74, 6) is 0.880. The summed E-state index contributed by atoms with van der Waals surface area (Å²) in [6, 6.07) is 7.27. The van der Waals surface area contributed by atoms with Gasteiger partial charge >= 0.3 is 0 Å². The second-order valence-corrected chi connectivity index (χ2v) is 5.78. The monoisotopic (exact) mass is 355 g/mol. The first-order valence-electron chi connectivity index (χ1n) is 8.50. The second-order valence-electron chi connectivity index (χ2n) is 5.78. The summed E-state index contributed by atoms with van der Waals surface area (Å²) in [6.45, 7) is 5.03. The Hall–Kier alpha value is -3.16. The maximum atomic E-state index is 12.4. The molecule has 3 rings (SSSR count). The molecule has 2 heterocycles. The zero-order valence-electron chi connectivity index (χ0n) is 14.6. The van der Waals surface area contributed by atoms with Crippen LogP contribution >= 0.6 is 0 Å². The van der Waals surface area contributed by atoms with Crippen LogP contribution in [0.15, 0.2) is 36.7 Å². The largest absolute Gasteiger partial charge is 0.492 e. The number of hydrogen-bond donors (Lipinski definition) is 1. The molecule has 2 aromatic rings. The molecule has 2 amide bonds. The Bertz CT molecular complexity index is 758. The molecule has 1 aliphatic rings. The Morgan fingerprint density at radius 3 is 2.54 bits per heavy atom. The molecule has 0 atom stereocenters. The van der Waals surface area contributed by atoms with Gasteiger partial charge < -0.3 is 19.9 Å². The lowest BCUT2D eigenvalue weighted by atomic mass is 10.2. The number of nitrogens with one attached hydrogen (secondary N) is 1. The van der Waals surface area contributed by atoms with Gasteiger partial charge in [-0.05, 0) is 19.1 Å². The molecule has 0 radical (unpaired) electrons. The van der Waals surface area contributed by atoms with Gasteiger partial charge in [-0.1, -0.05) is 12.1 Å². The van der Waals surface area contributed by atoms with Crippen LogP contribution in [0.25, 0.3) is 0 Å². The van der Waals surface area contributed by atoms with Crippen LogP contribution in [0.3, 0.4) is 0 Å². The minimum atomic E-state index is -0.297. The minimum absolute atomic E-state index is 0.297. The number of aromatic nitrogens is 2. The van der Waals surface area contributed by atoms with Gasteiger partial charge in [-0.25, -0.2) is 9.97 Å². The first kappa shape index (κ1) is 17.7. The molecule has 1 aromatic carbocycles. The van der Waals surface area contributed by atoms with Crippen molar-refractivity contribution in [3.63, 3.8) is 0 Å². The molecule has 26 heavy (non-hydrogen) atoms. The third-order valence-electron chi connectivity index (χ3n) is 4.08. The molecule has 0 spiro atoms. The van der Waals surface area contributed by atoms with E-state index in [-0.39, 0.29) is 5.91 Å². The zero-order valence-corrected chi connectivity index (χ0v) is 14.6. The molecule has 0 saturated carbocycles. The molecule has 1 saturated heterocycles. The lowest BCUT2D eigenvalue weighted by molar-refractivity contribution is -0.118. The van der Waals surface area contributed by atoms with Crippen LogP contribution in [0, 0.1) is 0 Å². The topological polar surface area (TPSA) is 87.7 Å². The Morgan fingerprint density at radius 1 is 1.19 bits per heavy atom. The Kier molecular flexibility index (Phi) is 5.62. The van der Waals surface area contributed by atoms with E-state index in [0.717, 1.165) is 6.41 Å². The highest BCUT2D eigenvalue weighted by Gasteiger charge is 2.18. The summed E-state index contributed by atoms with van der Waals surface area (Å²) < 4.78 is 5.51. The van der Waals surface area contributed by atoms with Crippen molar-refractivity contribution in [3.8, 4) is 5.75 Å². The van der Waals surface area contributed by atoms with Gasteiger partial charge in [0, 0.05) is 38.6 Å². The van der Waals surface area contributed by atoms with Crippen molar-refractivity contribution in [1.29, 1.82) is 0 Å². The van der Waals surface area contributed by atoms with Gasteiger partial charge in [0.05, 0.1) is 17.9 Å². The van der Waals surface area contributed by atoms with E-state index in [1.54, 1.807) is 17.0 Å². The van der Waals surface area contributed by atoms with E-state index in [1.165, 1.54) is 12.4 Å². The molecule has 0 unspecified atom stereocenters. The van der Waals surface area contributed by atoms with Crippen molar-refractivity contribution in [2.45, 2.75) is 6.92 Å². The number of carbonyl (C=O) groups excluding carboxylic acids is 2. The van der Waals surface area contributed by atoms with Crippen molar-refractivity contribution >= 4 is 24.0 Å². The van der Waals surface area contributed by atoms with E-state index in [0.29, 0.717) is 55.7 Å². The van der Waals surface area contributed by atoms with Crippen molar-refractivity contribution < 1.29 is 14.3 Å². The maximum Gasteiger partial charge on any atom is 0.258 e. The number of carbonyl (C=O) groups is 2. The van der Waals surface area contributed by atoms with Gasteiger partial charge in [0.1, 0.15) is 5.75 Å². The molecule has 0 bridgehead atoms. The number of para-hydroxylation sites is 2. The number of nitrogens with zero attached hydrogens (tertiary/aromatic N) is 4. The van der Waals surface area contributed by atoms with E-state index in [2.05, 4.69) is 15.3 Å². The average molecular weight is 355 g/mol. The van der Waals surface area contributed by atoms with Crippen molar-refractivity contribution in [1.82, 2.24) is 14.9 Å². The van der Waals surface area contributed by atoms with Gasteiger partial charge in [-0.15, -0.1) is 0 Å². The van der Waals surface area contributed by atoms with Gasteiger partial charge in [-0.3, -0.25) is 9.59 Å². The molecule has 0 aliphatic carbocycles. The van der Waals surface area contributed by atoms with Gasteiger partial charge in [-0.2, -0.15) is 0 Å². The van der Waals surface area contributed by atoms with Crippen LogP contribution in [-0.2, 0) is 4.79 Å². The lowest BCUT2D eigenvalue weighted by Gasteiger charge is -2.32. The molecule has 136 valence electrons. The number of rotatable bonds is 6. The maximum absolute atomic E-state index is 12.4. The van der Waals surface area contributed by atoms with E-state index < -0.39 is 0 Å². The first-order valence-corrected chi connectivity index (χ1v) is 8.50. The predicted molar refractivity (Wildman–Crippen MR) is 97.4 cm³/mol. The Morgan fingerprint density at radius 2 is 1.88 bits per heavy atom.